The van der Waals surface area contributed by atoms with Crippen LogP contribution in [-0.2, 0) is 11.2 Å². The molecule has 0 unspecified atom stereocenters. The van der Waals surface area contributed by atoms with Crippen LogP contribution in [0.2, 0.25) is 0 Å². The Kier molecular flexibility index (Phi) is 7.80. The number of unbranched alkanes of at least 4 members (excludes halogenated alkanes) is 1. The molecule has 1 aliphatic heterocycles. The molecule has 1 N–H and O–H groups in total. The Hall–Kier alpha value is -3.39. The van der Waals surface area contributed by atoms with Gasteiger partial charge in [-0.25, -0.2) is 4.79 Å². The molecule has 4 rings (SSSR count). The lowest BCUT2D eigenvalue weighted by Crippen LogP contribution is -2.46. The quantitative estimate of drug-likeness (QED) is 0.283. The molecule has 2 heterocycles. The first kappa shape index (κ1) is 23.8. The minimum atomic E-state index is -0.707. The van der Waals surface area contributed by atoms with Gasteiger partial charge >= 0.3 is 6.16 Å². The van der Waals surface area contributed by atoms with Crippen molar-refractivity contribution < 1.29 is 23.7 Å². The van der Waals surface area contributed by atoms with Crippen molar-refractivity contribution in [2.75, 3.05) is 59.0 Å². The Morgan fingerprint density at radius 3 is 2.47 bits per heavy atom. The van der Waals surface area contributed by atoms with Crippen LogP contribution in [0.15, 0.2) is 42.6 Å². The van der Waals surface area contributed by atoms with Crippen molar-refractivity contribution in [1.29, 1.82) is 0 Å². The van der Waals surface area contributed by atoms with Gasteiger partial charge in [-0.2, -0.15) is 0 Å². The monoisotopic (exact) mass is 467 g/mol. The average Bonchev–Trinajstić information content (AvgIpc) is 3.28. The van der Waals surface area contributed by atoms with E-state index in [-0.39, 0.29) is 0 Å². The summed E-state index contributed by atoms with van der Waals surface area (Å²) in [6, 6.07) is 11.6. The summed E-state index contributed by atoms with van der Waals surface area (Å²) in [5.41, 5.74) is 3.40. The van der Waals surface area contributed by atoms with E-state index >= 15 is 0 Å². The van der Waals surface area contributed by atoms with Gasteiger partial charge in [0.1, 0.15) is 17.2 Å². The minimum Gasteiger partial charge on any atom is -0.497 e. The molecule has 2 aromatic carbocycles. The van der Waals surface area contributed by atoms with E-state index in [1.807, 2.05) is 30.5 Å². The zero-order valence-electron chi connectivity index (χ0n) is 20.1. The highest BCUT2D eigenvalue weighted by molar-refractivity contribution is 5.85. The maximum absolute atomic E-state index is 11.4. The van der Waals surface area contributed by atoms with Crippen LogP contribution < -0.4 is 19.1 Å². The van der Waals surface area contributed by atoms with Gasteiger partial charge in [0.05, 0.1) is 27.0 Å². The number of carbonyl (C=O) groups excluding carboxylic acids is 1. The number of methoxy groups -OCH3 is 3. The first-order chi connectivity index (χ1) is 16.6. The van der Waals surface area contributed by atoms with Gasteiger partial charge in [-0.1, -0.05) is 0 Å². The van der Waals surface area contributed by atoms with E-state index in [0.717, 1.165) is 80.1 Å². The van der Waals surface area contributed by atoms with E-state index in [0.29, 0.717) is 5.75 Å². The number of anilines is 1. The molecular weight excluding hydrogens is 434 g/mol. The van der Waals surface area contributed by atoms with Crippen LogP contribution in [0.1, 0.15) is 18.4 Å². The lowest BCUT2D eigenvalue weighted by Gasteiger charge is -2.36. The van der Waals surface area contributed by atoms with Gasteiger partial charge in [-0.3, -0.25) is 4.90 Å². The second kappa shape index (κ2) is 11.2. The number of rotatable bonds is 9. The summed E-state index contributed by atoms with van der Waals surface area (Å²) >= 11 is 0. The fourth-order valence-corrected chi connectivity index (χ4v) is 4.48. The number of ether oxygens (including phenoxy) is 4. The van der Waals surface area contributed by atoms with E-state index in [1.165, 1.54) is 12.7 Å². The molecule has 3 aromatic rings. The molecule has 1 fully saturated rings. The van der Waals surface area contributed by atoms with Gasteiger partial charge in [0, 0.05) is 49.3 Å². The van der Waals surface area contributed by atoms with Crippen molar-refractivity contribution in [3.8, 4) is 17.2 Å². The molecule has 34 heavy (non-hydrogen) atoms. The predicted molar refractivity (Wildman–Crippen MR) is 132 cm³/mol. The second-order valence-corrected chi connectivity index (χ2v) is 8.40. The van der Waals surface area contributed by atoms with E-state index in [9.17, 15) is 4.79 Å². The molecule has 0 bridgehead atoms. The highest BCUT2D eigenvalue weighted by Crippen LogP contribution is 2.33. The third kappa shape index (κ3) is 5.56. The average molecular weight is 468 g/mol. The van der Waals surface area contributed by atoms with Crippen molar-refractivity contribution in [1.82, 2.24) is 9.88 Å². The molecule has 0 amide bonds. The van der Waals surface area contributed by atoms with Crippen molar-refractivity contribution in [2.24, 2.45) is 0 Å². The fraction of sp³-hybridized carbons (Fsp3) is 0.423. The summed E-state index contributed by atoms with van der Waals surface area (Å²) in [6.07, 6.45) is 4.55. The number of carbonyl (C=O) groups is 1. The van der Waals surface area contributed by atoms with Crippen LogP contribution in [0.5, 0.6) is 17.2 Å². The Bertz CT molecular complexity index is 1110. The number of nitrogens with zero attached hydrogens (tertiary/aromatic N) is 2. The van der Waals surface area contributed by atoms with Crippen molar-refractivity contribution in [3.63, 3.8) is 0 Å². The van der Waals surface area contributed by atoms with E-state index in [4.69, 9.17) is 14.2 Å². The maximum Gasteiger partial charge on any atom is 0.513 e. The second-order valence-electron chi connectivity index (χ2n) is 8.40. The zero-order valence-corrected chi connectivity index (χ0v) is 20.1. The lowest BCUT2D eigenvalue weighted by molar-refractivity contribution is 0.121. The summed E-state index contributed by atoms with van der Waals surface area (Å²) in [5, 5.41) is 1.09. The number of piperazine rings is 1. The zero-order chi connectivity index (χ0) is 23.9. The Morgan fingerprint density at radius 1 is 0.941 bits per heavy atom. The molecule has 1 aliphatic rings. The molecule has 1 aromatic heterocycles. The molecule has 8 heteroatoms. The molecule has 0 spiro atoms. The maximum atomic E-state index is 11.4. The number of hydrogen-bond acceptors (Lipinski definition) is 7. The van der Waals surface area contributed by atoms with Crippen LogP contribution >= 0.6 is 0 Å². The van der Waals surface area contributed by atoms with Crippen molar-refractivity contribution in [2.45, 2.75) is 19.3 Å². The van der Waals surface area contributed by atoms with Crippen molar-refractivity contribution in [3.05, 3.63) is 48.2 Å². The topological polar surface area (TPSA) is 76.3 Å². The highest BCUT2D eigenvalue weighted by Gasteiger charge is 2.20. The third-order valence-electron chi connectivity index (χ3n) is 6.38. The molecule has 0 saturated carbocycles. The number of aromatic nitrogens is 1. The van der Waals surface area contributed by atoms with Gasteiger partial charge in [0.2, 0.25) is 0 Å². The minimum absolute atomic E-state index is 0.492. The van der Waals surface area contributed by atoms with Gasteiger partial charge < -0.3 is 28.8 Å². The number of H-pyrrole nitrogens is 1. The molecular formula is C26H33N3O5. The van der Waals surface area contributed by atoms with Crippen LogP contribution in [0.3, 0.4) is 0 Å². The molecule has 8 nitrogen and oxygen atoms in total. The summed E-state index contributed by atoms with van der Waals surface area (Å²) in [7, 11) is 4.68. The van der Waals surface area contributed by atoms with Gasteiger partial charge in [0.25, 0.3) is 0 Å². The van der Waals surface area contributed by atoms with E-state index in [1.54, 1.807) is 20.3 Å². The van der Waals surface area contributed by atoms with E-state index in [2.05, 4.69) is 25.6 Å². The number of aryl methyl sites for hydroxylation is 1. The summed E-state index contributed by atoms with van der Waals surface area (Å²) < 4.78 is 20.6. The van der Waals surface area contributed by atoms with Crippen LogP contribution in [0.4, 0.5) is 10.5 Å². The molecule has 0 radical (unpaired) electrons. The number of benzene rings is 2. The smallest absolute Gasteiger partial charge is 0.497 e. The van der Waals surface area contributed by atoms with Crippen LogP contribution in [-0.4, -0.2) is 70.1 Å². The molecule has 182 valence electrons. The highest BCUT2D eigenvalue weighted by atomic mass is 16.7. The van der Waals surface area contributed by atoms with Gasteiger partial charge in [-0.15, -0.1) is 0 Å². The Balaban J connectivity index is 1.24. The number of aromatic amines is 1. The standard InChI is InChI=1S/C26H33N3O5/c1-31-20-8-10-24(25(17-20)32-2)29-14-12-28(13-15-29)11-5-4-6-19-18-27-23-9-7-21(16-22(19)23)34-26(30)33-3/h7-10,16-18,27H,4-6,11-15H2,1-3H3. The Morgan fingerprint density at radius 2 is 1.74 bits per heavy atom. The van der Waals surface area contributed by atoms with Crippen LogP contribution in [0.25, 0.3) is 10.9 Å². The summed E-state index contributed by atoms with van der Waals surface area (Å²) in [4.78, 5) is 19.6. The van der Waals surface area contributed by atoms with Gasteiger partial charge in [0.15, 0.2) is 0 Å². The number of hydrogen-bond donors (Lipinski definition) is 1. The van der Waals surface area contributed by atoms with E-state index < -0.39 is 6.16 Å². The van der Waals surface area contributed by atoms with Gasteiger partial charge in [-0.05, 0) is 61.7 Å². The van der Waals surface area contributed by atoms with Crippen molar-refractivity contribution >= 4 is 22.7 Å². The molecule has 1 saturated heterocycles. The predicted octanol–water partition coefficient (Wildman–Crippen LogP) is 4.48. The summed E-state index contributed by atoms with van der Waals surface area (Å²) in [5.74, 6) is 2.15. The lowest BCUT2D eigenvalue weighted by atomic mass is 10.1. The number of nitrogens with one attached hydrogen (secondary N) is 1. The summed E-state index contributed by atoms with van der Waals surface area (Å²) in [6.45, 7) is 5.13. The molecule has 0 aliphatic carbocycles. The first-order valence-electron chi connectivity index (χ1n) is 11.7. The molecule has 0 atom stereocenters. The van der Waals surface area contributed by atoms with Crippen LogP contribution in [0, 0.1) is 0 Å². The first-order valence-corrected chi connectivity index (χ1v) is 11.7. The fourth-order valence-electron chi connectivity index (χ4n) is 4.48. The SMILES string of the molecule is COC(=O)Oc1ccc2[nH]cc(CCCCN3CCN(c4ccc(OC)cc4OC)CC3)c2c1. The number of fused-ring (bicyclic) bond motifs is 1. The normalized spacial score (nSPS) is 14.3. The third-order valence-corrected chi connectivity index (χ3v) is 6.38. The Labute approximate surface area is 200 Å². The largest absolute Gasteiger partial charge is 0.513 e.